The van der Waals surface area contributed by atoms with Crippen LogP contribution in [0, 0.1) is 5.92 Å². The van der Waals surface area contributed by atoms with Crippen LogP contribution < -0.4 is 5.32 Å². The van der Waals surface area contributed by atoms with Gasteiger partial charge in [0.05, 0.1) is 5.02 Å². The molecular weight excluding hydrogens is 436 g/mol. The molecule has 1 amide bonds. The minimum Gasteiger partial charge on any atom is -0.337 e. The first kappa shape index (κ1) is 23.5. The molecule has 1 atom stereocenters. The number of thiazole rings is 1. The van der Waals surface area contributed by atoms with Crippen molar-refractivity contribution < 1.29 is 4.79 Å². The van der Waals surface area contributed by atoms with Gasteiger partial charge in [-0.1, -0.05) is 23.2 Å². The van der Waals surface area contributed by atoms with E-state index in [4.69, 9.17) is 23.2 Å². The molecule has 2 heterocycles. The molecule has 0 spiro atoms. The second kappa shape index (κ2) is 10.7. The third-order valence-electron chi connectivity index (χ3n) is 4.18. The van der Waals surface area contributed by atoms with Gasteiger partial charge in [0, 0.05) is 29.1 Å². The number of hydrogen-bond donors (Lipinski definition) is 1. The molecule has 1 aromatic heterocycles. The monoisotopic (exact) mass is 455 g/mol. The predicted molar refractivity (Wildman–Crippen MR) is 115 cm³/mol. The maximum absolute atomic E-state index is 12.7. The van der Waals surface area contributed by atoms with Gasteiger partial charge in [0.2, 0.25) is 0 Å². The molecule has 0 saturated carbocycles. The first-order valence-electron chi connectivity index (χ1n) is 7.93. The highest BCUT2D eigenvalue weighted by Crippen LogP contribution is 2.32. The van der Waals surface area contributed by atoms with Gasteiger partial charge in [0.15, 0.2) is 0 Å². The number of carbonyl (C=O) groups excluding carboxylic acids is 1. The lowest BCUT2D eigenvalue weighted by molar-refractivity contribution is 0.0669. The summed E-state index contributed by atoms with van der Waals surface area (Å²) in [5.41, 5.74) is 1.29. The Labute approximate surface area is 180 Å². The third-order valence-corrected chi connectivity index (χ3v) is 5.61. The van der Waals surface area contributed by atoms with Crippen molar-refractivity contribution in [2.75, 3.05) is 26.7 Å². The van der Waals surface area contributed by atoms with E-state index in [-0.39, 0.29) is 30.7 Å². The van der Waals surface area contributed by atoms with Crippen LogP contribution in [-0.2, 0) is 0 Å². The van der Waals surface area contributed by atoms with Gasteiger partial charge in [-0.2, -0.15) is 0 Å². The van der Waals surface area contributed by atoms with Crippen molar-refractivity contribution in [3.05, 3.63) is 39.3 Å². The Morgan fingerprint density at radius 3 is 2.85 bits per heavy atom. The van der Waals surface area contributed by atoms with Gasteiger partial charge in [-0.25, -0.2) is 4.98 Å². The number of rotatable bonds is 4. The van der Waals surface area contributed by atoms with Crippen LogP contribution in [0.3, 0.4) is 0 Å². The molecule has 26 heavy (non-hydrogen) atoms. The SMILES string of the molecule is CNCC1CCCN(C(=O)c2csc(-c3ccc(Cl)cc3Cl)n2)C1.Cl.Cl. The number of halogens is 4. The van der Waals surface area contributed by atoms with Crippen molar-refractivity contribution in [3.8, 4) is 10.6 Å². The zero-order chi connectivity index (χ0) is 17.1. The highest BCUT2D eigenvalue weighted by molar-refractivity contribution is 7.13. The molecule has 144 valence electrons. The van der Waals surface area contributed by atoms with Crippen LogP contribution in [-0.4, -0.2) is 42.5 Å². The Kier molecular flexibility index (Phi) is 9.65. The second-order valence-electron chi connectivity index (χ2n) is 5.98. The molecule has 0 bridgehead atoms. The molecule has 1 saturated heterocycles. The fraction of sp³-hybridized carbons (Fsp3) is 0.412. The zero-order valence-corrected chi connectivity index (χ0v) is 18.2. The Balaban J connectivity index is 0.00000169. The Morgan fingerprint density at radius 2 is 2.15 bits per heavy atom. The van der Waals surface area contributed by atoms with Crippen molar-refractivity contribution in [2.45, 2.75) is 12.8 Å². The largest absolute Gasteiger partial charge is 0.337 e. The minimum absolute atomic E-state index is 0. The molecular formula is C17H21Cl4N3OS. The predicted octanol–water partition coefficient (Wildman–Crippen LogP) is 5.03. The normalized spacial score (nSPS) is 16.6. The van der Waals surface area contributed by atoms with Gasteiger partial charge in [-0.15, -0.1) is 36.2 Å². The summed E-state index contributed by atoms with van der Waals surface area (Å²) in [7, 11) is 1.95. The summed E-state index contributed by atoms with van der Waals surface area (Å²) in [5, 5.41) is 6.87. The highest BCUT2D eigenvalue weighted by Gasteiger charge is 2.25. The lowest BCUT2D eigenvalue weighted by Crippen LogP contribution is -2.42. The van der Waals surface area contributed by atoms with Gasteiger partial charge in [0.25, 0.3) is 5.91 Å². The van der Waals surface area contributed by atoms with Gasteiger partial charge < -0.3 is 10.2 Å². The van der Waals surface area contributed by atoms with E-state index >= 15 is 0 Å². The molecule has 3 rings (SSSR count). The van der Waals surface area contributed by atoms with Gasteiger partial charge in [-0.05, 0) is 50.6 Å². The summed E-state index contributed by atoms with van der Waals surface area (Å²) in [4.78, 5) is 19.1. The Hall–Kier alpha value is -0.560. The standard InChI is InChI=1S/C17H19Cl2N3OS.2ClH/c1-20-8-11-3-2-6-22(9-11)17(23)15-10-24-16(21-15)13-5-4-12(18)7-14(13)19;;/h4-5,7,10-11,20H,2-3,6,8-9H2,1H3;2*1H. The number of hydrogen-bond acceptors (Lipinski definition) is 4. The number of carbonyl (C=O) groups is 1. The average molecular weight is 457 g/mol. The van der Waals surface area contributed by atoms with Crippen LogP contribution in [0.2, 0.25) is 10.0 Å². The maximum atomic E-state index is 12.7. The first-order chi connectivity index (χ1) is 11.6. The molecule has 1 unspecified atom stereocenters. The summed E-state index contributed by atoms with van der Waals surface area (Å²) >= 11 is 13.6. The molecule has 1 fully saturated rings. The van der Waals surface area contributed by atoms with Crippen molar-refractivity contribution >= 4 is 65.3 Å². The molecule has 0 radical (unpaired) electrons. The third kappa shape index (κ3) is 5.47. The maximum Gasteiger partial charge on any atom is 0.273 e. The van der Waals surface area contributed by atoms with E-state index in [1.807, 2.05) is 23.4 Å². The number of aromatic nitrogens is 1. The van der Waals surface area contributed by atoms with Gasteiger partial charge >= 0.3 is 0 Å². The van der Waals surface area contributed by atoms with E-state index < -0.39 is 0 Å². The van der Waals surface area contributed by atoms with E-state index in [2.05, 4.69) is 10.3 Å². The average Bonchev–Trinajstić information content (AvgIpc) is 3.04. The van der Waals surface area contributed by atoms with Crippen molar-refractivity contribution in [1.29, 1.82) is 0 Å². The molecule has 1 aliphatic heterocycles. The topological polar surface area (TPSA) is 45.2 Å². The van der Waals surface area contributed by atoms with E-state index in [9.17, 15) is 4.79 Å². The molecule has 4 nitrogen and oxygen atoms in total. The number of piperidine rings is 1. The Bertz CT molecular complexity index is 739. The fourth-order valence-electron chi connectivity index (χ4n) is 3.03. The quantitative estimate of drug-likeness (QED) is 0.701. The van der Waals surface area contributed by atoms with Crippen LogP contribution in [0.15, 0.2) is 23.6 Å². The zero-order valence-electron chi connectivity index (χ0n) is 14.2. The first-order valence-corrected chi connectivity index (χ1v) is 9.57. The fourth-order valence-corrected chi connectivity index (χ4v) is 4.41. The van der Waals surface area contributed by atoms with E-state index in [1.165, 1.54) is 11.3 Å². The molecule has 9 heteroatoms. The highest BCUT2D eigenvalue weighted by atomic mass is 35.5. The summed E-state index contributed by atoms with van der Waals surface area (Å²) in [6, 6.07) is 5.30. The summed E-state index contributed by atoms with van der Waals surface area (Å²) < 4.78 is 0. The molecule has 2 aromatic rings. The number of nitrogens with zero attached hydrogens (tertiary/aromatic N) is 2. The van der Waals surface area contributed by atoms with E-state index in [1.54, 1.807) is 12.1 Å². The Morgan fingerprint density at radius 1 is 1.38 bits per heavy atom. The van der Waals surface area contributed by atoms with Crippen molar-refractivity contribution in [3.63, 3.8) is 0 Å². The van der Waals surface area contributed by atoms with Crippen molar-refractivity contribution in [1.82, 2.24) is 15.2 Å². The van der Waals surface area contributed by atoms with E-state index in [0.717, 1.165) is 43.0 Å². The lowest BCUT2D eigenvalue weighted by atomic mass is 9.98. The second-order valence-corrected chi connectivity index (χ2v) is 7.68. The smallest absolute Gasteiger partial charge is 0.273 e. The lowest BCUT2D eigenvalue weighted by Gasteiger charge is -2.32. The van der Waals surface area contributed by atoms with Crippen molar-refractivity contribution in [2.24, 2.45) is 5.92 Å². The van der Waals surface area contributed by atoms with E-state index in [0.29, 0.717) is 21.7 Å². The van der Waals surface area contributed by atoms with Gasteiger partial charge in [0.1, 0.15) is 10.7 Å². The molecule has 0 aliphatic carbocycles. The van der Waals surface area contributed by atoms with Crippen LogP contribution in [0.4, 0.5) is 0 Å². The van der Waals surface area contributed by atoms with Crippen LogP contribution >= 0.6 is 59.4 Å². The number of benzene rings is 1. The number of amides is 1. The summed E-state index contributed by atoms with van der Waals surface area (Å²) in [6.45, 7) is 2.52. The van der Waals surface area contributed by atoms with Gasteiger partial charge in [-0.3, -0.25) is 4.79 Å². The minimum atomic E-state index is 0. The summed E-state index contributed by atoms with van der Waals surface area (Å²) in [5.74, 6) is 0.514. The van der Waals surface area contributed by atoms with Crippen LogP contribution in [0.1, 0.15) is 23.3 Å². The molecule has 1 aromatic carbocycles. The number of nitrogens with one attached hydrogen (secondary N) is 1. The molecule has 1 N–H and O–H groups in total. The van der Waals surface area contributed by atoms with Crippen LogP contribution in [0.25, 0.3) is 10.6 Å². The number of likely N-dealkylation sites (tertiary alicyclic amines) is 1. The summed E-state index contributed by atoms with van der Waals surface area (Å²) in [6.07, 6.45) is 2.20. The molecule has 1 aliphatic rings. The van der Waals surface area contributed by atoms with Crippen LogP contribution in [0.5, 0.6) is 0 Å².